The fraction of sp³-hybridized carbons (Fsp3) is 0. The second-order valence-corrected chi connectivity index (χ2v) is 11.0. The SMILES string of the molecule is c1[se]cc2c1-c1c[se]cc1-c1c[se]cc1-c1c[se]cc1-2. The van der Waals surface area contributed by atoms with E-state index in [4.69, 9.17) is 0 Å². The Labute approximate surface area is 141 Å². The van der Waals surface area contributed by atoms with Crippen LogP contribution in [0.3, 0.4) is 0 Å². The second kappa shape index (κ2) is 4.75. The molecule has 1 aliphatic rings. The minimum atomic E-state index is 0.542. The van der Waals surface area contributed by atoms with Gasteiger partial charge >= 0.3 is 142 Å². The Morgan fingerprint density at radius 1 is 0.300 bits per heavy atom. The Balaban J connectivity index is 2.00. The maximum atomic E-state index is 2.49. The van der Waals surface area contributed by atoms with Gasteiger partial charge in [-0.25, -0.2) is 0 Å². The van der Waals surface area contributed by atoms with Crippen molar-refractivity contribution in [1.29, 1.82) is 0 Å². The van der Waals surface area contributed by atoms with Crippen molar-refractivity contribution in [1.82, 2.24) is 0 Å². The van der Waals surface area contributed by atoms with Gasteiger partial charge in [-0.3, -0.25) is 0 Å². The molecule has 96 valence electrons. The summed E-state index contributed by atoms with van der Waals surface area (Å²) in [5.41, 5.74) is 12.3. The number of hydrogen-bond donors (Lipinski definition) is 0. The molecule has 20 heavy (non-hydrogen) atoms. The Hall–Kier alpha value is -0.00208. The van der Waals surface area contributed by atoms with Crippen LogP contribution in [0.25, 0.3) is 44.5 Å². The van der Waals surface area contributed by atoms with E-state index in [0.717, 1.165) is 0 Å². The Bertz CT molecular complexity index is 668. The van der Waals surface area contributed by atoms with Gasteiger partial charge in [-0.1, -0.05) is 0 Å². The average Bonchev–Trinajstić information content (AvgIpc) is 3.21. The van der Waals surface area contributed by atoms with Crippen molar-refractivity contribution in [2.24, 2.45) is 0 Å². The van der Waals surface area contributed by atoms with Gasteiger partial charge in [-0.05, 0) is 0 Å². The molecule has 0 radical (unpaired) electrons. The quantitative estimate of drug-likeness (QED) is 0.278. The van der Waals surface area contributed by atoms with Gasteiger partial charge < -0.3 is 0 Å². The fourth-order valence-corrected chi connectivity index (χ4v) is 9.97. The van der Waals surface area contributed by atoms with Crippen LogP contribution in [0.1, 0.15) is 0 Å². The van der Waals surface area contributed by atoms with Gasteiger partial charge in [0.2, 0.25) is 0 Å². The molecule has 0 fully saturated rings. The van der Waals surface area contributed by atoms with E-state index in [1.165, 1.54) is 44.5 Å². The van der Waals surface area contributed by atoms with Crippen molar-refractivity contribution >= 4 is 58.0 Å². The molecule has 0 bridgehead atoms. The molecule has 0 saturated carbocycles. The molecule has 4 heterocycles. The Morgan fingerprint density at radius 3 is 0.600 bits per heavy atom. The molecule has 1 aliphatic carbocycles. The summed E-state index contributed by atoms with van der Waals surface area (Å²) in [4.78, 5) is 19.9. The molecular weight excluding hydrogens is 508 g/mol. The molecule has 5 rings (SSSR count). The number of hydrogen-bond acceptors (Lipinski definition) is 0. The summed E-state index contributed by atoms with van der Waals surface area (Å²) < 4.78 is 0. The summed E-state index contributed by atoms with van der Waals surface area (Å²) >= 11 is 2.17. The van der Waals surface area contributed by atoms with Gasteiger partial charge in [-0.2, -0.15) is 0 Å². The van der Waals surface area contributed by atoms with E-state index < -0.39 is 0 Å². The normalized spacial score (nSPS) is 12.0. The standard InChI is InChI=1S/C16H8Se4/c1-9-10(2-17-1)12-4-19-6-14(12)16-8-20-7-15(16)13-5-18-3-11(9)13/h1-8H. The van der Waals surface area contributed by atoms with Crippen molar-refractivity contribution in [2.75, 3.05) is 0 Å². The fourth-order valence-electron chi connectivity index (χ4n) is 2.86. The van der Waals surface area contributed by atoms with Gasteiger partial charge in [-0.15, -0.1) is 0 Å². The van der Waals surface area contributed by atoms with Crippen molar-refractivity contribution in [3.63, 3.8) is 0 Å². The molecule has 0 aromatic carbocycles. The van der Waals surface area contributed by atoms with Crippen LogP contribution in [-0.2, 0) is 0 Å². The molecule has 0 spiro atoms. The van der Waals surface area contributed by atoms with Gasteiger partial charge in [0, 0.05) is 0 Å². The van der Waals surface area contributed by atoms with Crippen molar-refractivity contribution in [3.05, 3.63) is 39.5 Å². The van der Waals surface area contributed by atoms with Gasteiger partial charge in [0.25, 0.3) is 0 Å². The third kappa shape index (κ3) is 1.66. The first-order chi connectivity index (χ1) is 9.93. The van der Waals surface area contributed by atoms with Crippen molar-refractivity contribution in [2.45, 2.75) is 0 Å². The van der Waals surface area contributed by atoms with Crippen LogP contribution in [0, 0.1) is 0 Å². The van der Waals surface area contributed by atoms with E-state index in [1.54, 1.807) is 0 Å². The number of fused-ring (bicyclic) bond motifs is 8. The molecule has 0 atom stereocenters. The third-order valence-corrected chi connectivity index (χ3v) is 10.0. The van der Waals surface area contributed by atoms with E-state index in [9.17, 15) is 0 Å². The zero-order valence-corrected chi connectivity index (χ0v) is 17.1. The summed E-state index contributed by atoms with van der Waals surface area (Å²) in [6, 6.07) is 0. The molecule has 0 amide bonds. The first-order valence-electron chi connectivity index (χ1n) is 6.20. The first-order valence-corrected chi connectivity index (χ1v) is 14.1. The average molecular weight is 516 g/mol. The summed E-state index contributed by atoms with van der Waals surface area (Å²) in [6.45, 7) is 0. The van der Waals surface area contributed by atoms with E-state index in [0.29, 0.717) is 58.0 Å². The third-order valence-electron chi connectivity index (χ3n) is 3.81. The predicted octanol–water partition coefficient (Wildman–Crippen LogP) is 2.90. The summed E-state index contributed by atoms with van der Waals surface area (Å²) in [5, 5.41) is 0. The summed E-state index contributed by atoms with van der Waals surface area (Å²) in [5.74, 6) is 0. The predicted molar refractivity (Wildman–Crippen MR) is 89.5 cm³/mol. The van der Waals surface area contributed by atoms with E-state index in [1.807, 2.05) is 0 Å². The van der Waals surface area contributed by atoms with E-state index in [2.05, 4.69) is 39.5 Å². The van der Waals surface area contributed by atoms with E-state index in [-0.39, 0.29) is 0 Å². The topological polar surface area (TPSA) is 0 Å². The summed E-state index contributed by atoms with van der Waals surface area (Å²) in [7, 11) is 0. The zero-order chi connectivity index (χ0) is 13.1. The monoisotopic (exact) mass is 520 g/mol. The van der Waals surface area contributed by atoms with Crippen LogP contribution in [-0.4, -0.2) is 58.0 Å². The van der Waals surface area contributed by atoms with Gasteiger partial charge in [0.05, 0.1) is 0 Å². The molecule has 0 unspecified atom stereocenters. The van der Waals surface area contributed by atoms with E-state index >= 15 is 0 Å². The summed E-state index contributed by atoms with van der Waals surface area (Å²) in [6.07, 6.45) is 0. The van der Waals surface area contributed by atoms with Crippen LogP contribution < -0.4 is 0 Å². The molecule has 4 aromatic heterocycles. The van der Waals surface area contributed by atoms with Crippen LogP contribution in [0.2, 0.25) is 0 Å². The van der Waals surface area contributed by atoms with Gasteiger partial charge in [0.1, 0.15) is 0 Å². The second-order valence-electron chi connectivity index (χ2n) is 4.80. The van der Waals surface area contributed by atoms with Crippen LogP contribution in [0.4, 0.5) is 0 Å². The molecule has 0 nitrogen and oxygen atoms in total. The van der Waals surface area contributed by atoms with Crippen molar-refractivity contribution < 1.29 is 0 Å². The Kier molecular flexibility index (Phi) is 2.98. The molecule has 0 N–H and O–H groups in total. The van der Waals surface area contributed by atoms with Crippen molar-refractivity contribution in [3.8, 4) is 44.5 Å². The number of rotatable bonds is 0. The van der Waals surface area contributed by atoms with Crippen LogP contribution >= 0.6 is 0 Å². The van der Waals surface area contributed by atoms with Gasteiger partial charge in [0.15, 0.2) is 0 Å². The molecule has 0 aliphatic heterocycles. The first kappa shape index (κ1) is 12.5. The van der Waals surface area contributed by atoms with Crippen LogP contribution in [0.15, 0.2) is 39.5 Å². The maximum absolute atomic E-state index is 2.49. The molecule has 4 heteroatoms. The zero-order valence-electron chi connectivity index (χ0n) is 10.3. The Morgan fingerprint density at radius 2 is 0.450 bits per heavy atom. The van der Waals surface area contributed by atoms with Crippen LogP contribution in [0.5, 0.6) is 0 Å². The molecule has 4 aromatic rings. The molecule has 0 saturated heterocycles. The molecular formula is C16H8Se4. The minimum absolute atomic E-state index is 0.542.